The fraction of sp³-hybridized carbons (Fsp3) is 0.421. The van der Waals surface area contributed by atoms with Gasteiger partial charge in [-0.1, -0.05) is 62.2 Å². The zero-order valence-corrected chi connectivity index (χ0v) is 17.8. The predicted molar refractivity (Wildman–Crippen MR) is 107 cm³/mol. The molecule has 3 atom stereocenters. The zero-order chi connectivity index (χ0) is 18.9. The Balaban J connectivity index is 2.12. The normalized spacial score (nSPS) is 23.2. The Morgan fingerprint density at radius 1 is 1.42 bits per heavy atom. The van der Waals surface area contributed by atoms with Gasteiger partial charge < -0.3 is 4.74 Å². The Labute approximate surface area is 169 Å². The molecular formula is C19H20Br2N2O3. The van der Waals surface area contributed by atoms with Gasteiger partial charge >= 0.3 is 5.97 Å². The monoisotopic (exact) mass is 482 g/mol. The molecule has 1 aromatic carbocycles. The van der Waals surface area contributed by atoms with Crippen LogP contribution in [-0.4, -0.2) is 22.1 Å². The molecule has 3 rings (SSSR count). The lowest BCUT2D eigenvalue weighted by Crippen LogP contribution is -2.42. The zero-order valence-electron chi connectivity index (χ0n) is 14.6. The van der Waals surface area contributed by atoms with Crippen LogP contribution in [0.3, 0.4) is 0 Å². The Morgan fingerprint density at radius 2 is 2.12 bits per heavy atom. The van der Waals surface area contributed by atoms with Crippen LogP contribution in [0.5, 0.6) is 0 Å². The summed E-state index contributed by atoms with van der Waals surface area (Å²) in [6.45, 7) is 3.90. The summed E-state index contributed by atoms with van der Waals surface area (Å²) >= 11 is 7.66. The molecule has 1 aliphatic rings. The molecule has 0 saturated carbocycles. The number of benzene rings is 1. The van der Waals surface area contributed by atoms with Crippen LogP contribution in [0.15, 0.2) is 41.3 Å². The average Bonchev–Trinajstić information content (AvgIpc) is 2.65. The minimum atomic E-state index is -0.628. The Kier molecular flexibility index (Phi) is 5.67. The number of rotatable bonds is 4. The Morgan fingerprint density at radius 3 is 2.77 bits per heavy atom. The fourth-order valence-corrected chi connectivity index (χ4v) is 4.85. The standard InChI is InChI=1S/C19H20Br2N2O3/c1-3-26-17(25)14-11-22-18-19(21,10-9-12(2)23(18)16(14)24)15(20)13-7-5-4-6-8-13/h4-8,11-12,15H,3,9-10H2,1-2H3/t12-,15?,19+/m0/s1. The molecule has 0 N–H and O–H groups in total. The topological polar surface area (TPSA) is 61.2 Å². The van der Waals surface area contributed by atoms with Crippen LogP contribution in [0.1, 0.15) is 59.3 Å². The summed E-state index contributed by atoms with van der Waals surface area (Å²) in [5.74, 6) is -0.00303. The van der Waals surface area contributed by atoms with E-state index in [0.717, 1.165) is 18.4 Å². The van der Waals surface area contributed by atoms with E-state index in [2.05, 4.69) is 36.8 Å². The fourth-order valence-electron chi connectivity index (χ4n) is 3.32. The second-order valence-corrected chi connectivity index (χ2v) is 8.75. The van der Waals surface area contributed by atoms with Crippen molar-refractivity contribution in [2.75, 3.05) is 6.61 Å². The number of carbonyl (C=O) groups is 1. The maximum Gasteiger partial charge on any atom is 0.345 e. The first-order valence-corrected chi connectivity index (χ1v) is 10.3. The lowest BCUT2D eigenvalue weighted by atomic mass is 9.88. The highest BCUT2D eigenvalue weighted by atomic mass is 79.9. The molecule has 1 aliphatic heterocycles. The average molecular weight is 484 g/mol. The summed E-state index contributed by atoms with van der Waals surface area (Å²) in [5, 5.41) is 0. The Hall–Kier alpha value is -1.47. The highest BCUT2D eigenvalue weighted by Crippen LogP contribution is 2.53. The van der Waals surface area contributed by atoms with Gasteiger partial charge in [0, 0.05) is 12.2 Å². The van der Waals surface area contributed by atoms with Crippen LogP contribution in [0, 0.1) is 0 Å². The lowest BCUT2D eigenvalue weighted by molar-refractivity contribution is 0.0522. The van der Waals surface area contributed by atoms with Gasteiger partial charge in [0.25, 0.3) is 5.56 Å². The Bertz CT molecular complexity index is 869. The minimum absolute atomic E-state index is 0.0231. The van der Waals surface area contributed by atoms with Gasteiger partial charge in [0.15, 0.2) is 0 Å². The van der Waals surface area contributed by atoms with Crippen molar-refractivity contribution in [3.05, 3.63) is 63.8 Å². The van der Waals surface area contributed by atoms with Crippen LogP contribution >= 0.6 is 31.9 Å². The summed E-state index contributed by atoms with van der Waals surface area (Å²) in [5.41, 5.74) is 0.719. The van der Waals surface area contributed by atoms with Crippen LogP contribution < -0.4 is 5.56 Å². The molecule has 2 aromatic rings. The van der Waals surface area contributed by atoms with Crippen molar-refractivity contribution >= 4 is 37.8 Å². The largest absolute Gasteiger partial charge is 0.462 e. The number of hydrogen-bond donors (Lipinski definition) is 0. The van der Waals surface area contributed by atoms with Gasteiger partial charge in [-0.15, -0.1) is 0 Å². The molecule has 7 heteroatoms. The van der Waals surface area contributed by atoms with Crippen molar-refractivity contribution in [1.82, 2.24) is 9.55 Å². The number of carbonyl (C=O) groups excluding carboxylic acids is 1. The molecule has 0 radical (unpaired) electrons. The smallest absolute Gasteiger partial charge is 0.345 e. The number of aromatic nitrogens is 2. The number of hydrogen-bond acceptors (Lipinski definition) is 4. The highest BCUT2D eigenvalue weighted by Gasteiger charge is 2.45. The number of alkyl halides is 2. The number of ether oxygens (including phenoxy) is 1. The van der Waals surface area contributed by atoms with E-state index >= 15 is 0 Å². The first-order chi connectivity index (χ1) is 12.4. The van der Waals surface area contributed by atoms with Crippen molar-refractivity contribution in [3.8, 4) is 0 Å². The molecule has 0 aliphatic carbocycles. The van der Waals surface area contributed by atoms with Gasteiger partial charge in [-0.25, -0.2) is 9.78 Å². The van der Waals surface area contributed by atoms with Gasteiger partial charge in [-0.3, -0.25) is 9.36 Å². The van der Waals surface area contributed by atoms with Gasteiger partial charge in [0.05, 0.1) is 11.4 Å². The van der Waals surface area contributed by atoms with Crippen LogP contribution in [0.4, 0.5) is 0 Å². The molecule has 0 spiro atoms. The summed E-state index contributed by atoms with van der Waals surface area (Å²) in [7, 11) is 0. The third-order valence-electron chi connectivity index (χ3n) is 4.72. The third-order valence-corrected chi connectivity index (χ3v) is 7.85. The van der Waals surface area contributed by atoms with E-state index in [1.807, 2.05) is 37.3 Å². The van der Waals surface area contributed by atoms with Gasteiger partial charge in [-0.2, -0.15) is 0 Å². The second kappa shape index (κ2) is 7.64. The molecule has 5 nitrogen and oxygen atoms in total. The van der Waals surface area contributed by atoms with E-state index in [-0.39, 0.29) is 28.6 Å². The molecule has 1 unspecified atom stereocenters. The van der Waals surface area contributed by atoms with E-state index < -0.39 is 10.3 Å². The molecule has 0 amide bonds. The van der Waals surface area contributed by atoms with E-state index in [9.17, 15) is 9.59 Å². The second-order valence-electron chi connectivity index (χ2n) is 6.41. The number of nitrogens with zero attached hydrogens (tertiary/aromatic N) is 2. The summed E-state index contributed by atoms with van der Waals surface area (Å²) in [4.78, 5) is 29.5. The summed E-state index contributed by atoms with van der Waals surface area (Å²) < 4.78 is 6.07. The molecule has 0 fully saturated rings. The van der Waals surface area contributed by atoms with Crippen molar-refractivity contribution in [2.45, 2.75) is 41.9 Å². The van der Waals surface area contributed by atoms with Crippen LogP contribution in [-0.2, 0) is 9.06 Å². The summed E-state index contributed by atoms with van der Waals surface area (Å²) in [6.07, 6.45) is 2.94. The molecule has 2 heterocycles. The van der Waals surface area contributed by atoms with E-state index in [1.165, 1.54) is 6.20 Å². The van der Waals surface area contributed by atoms with E-state index in [4.69, 9.17) is 4.74 Å². The van der Waals surface area contributed by atoms with Crippen molar-refractivity contribution < 1.29 is 9.53 Å². The van der Waals surface area contributed by atoms with Crippen molar-refractivity contribution in [3.63, 3.8) is 0 Å². The SMILES string of the molecule is CCOC(=O)c1cnc2n(c1=O)[C@@H](C)CC[C@@]2(Br)C(Br)c1ccccc1. The highest BCUT2D eigenvalue weighted by molar-refractivity contribution is 9.12. The van der Waals surface area contributed by atoms with Crippen molar-refractivity contribution in [1.29, 1.82) is 0 Å². The van der Waals surface area contributed by atoms with Crippen molar-refractivity contribution in [2.24, 2.45) is 0 Å². The van der Waals surface area contributed by atoms with Gasteiger partial charge in [0.1, 0.15) is 15.7 Å². The molecule has 26 heavy (non-hydrogen) atoms. The first kappa shape index (κ1) is 19.3. The minimum Gasteiger partial charge on any atom is -0.462 e. The number of halogens is 2. The van der Waals surface area contributed by atoms with Gasteiger partial charge in [0.2, 0.25) is 0 Å². The molecule has 138 valence electrons. The maximum atomic E-state index is 13.0. The van der Waals surface area contributed by atoms with Crippen LogP contribution in [0.2, 0.25) is 0 Å². The molecule has 0 saturated heterocycles. The quantitative estimate of drug-likeness (QED) is 0.474. The predicted octanol–water partition coefficient (Wildman–Crippen LogP) is 4.50. The third kappa shape index (κ3) is 3.27. The van der Waals surface area contributed by atoms with Crippen LogP contribution in [0.25, 0.3) is 0 Å². The van der Waals surface area contributed by atoms with E-state index in [0.29, 0.717) is 5.82 Å². The number of esters is 1. The number of fused-ring (bicyclic) bond motifs is 1. The van der Waals surface area contributed by atoms with Gasteiger partial charge in [-0.05, 0) is 32.3 Å². The maximum absolute atomic E-state index is 13.0. The first-order valence-electron chi connectivity index (χ1n) is 8.57. The van der Waals surface area contributed by atoms with E-state index in [1.54, 1.807) is 11.5 Å². The molecule has 0 bridgehead atoms. The lowest BCUT2D eigenvalue weighted by Gasteiger charge is -2.40. The summed E-state index contributed by atoms with van der Waals surface area (Å²) in [6, 6.07) is 9.97. The molecule has 1 aromatic heterocycles. The molecular weight excluding hydrogens is 464 g/mol.